The molecule has 3 aromatic rings. The van der Waals surface area contributed by atoms with E-state index in [1.165, 1.54) is 19.9 Å². The topological polar surface area (TPSA) is 78.5 Å². The van der Waals surface area contributed by atoms with Gasteiger partial charge in [-0.05, 0) is 60.1 Å². The van der Waals surface area contributed by atoms with Crippen molar-refractivity contribution in [2.24, 2.45) is 5.41 Å². The molecule has 0 bridgehead atoms. The normalized spacial score (nSPS) is 11.9. The second kappa shape index (κ2) is 9.07. The Morgan fingerprint density at radius 3 is 2.34 bits per heavy atom. The summed E-state index contributed by atoms with van der Waals surface area (Å²) >= 11 is 3.34. The number of carbonyl (C=O) groups is 1. The molecule has 0 radical (unpaired) electrons. The highest BCUT2D eigenvalue weighted by atomic mass is 79.9. The van der Waals surface area contributed by atoms with Crippen LogP contribution in [-0.4, -0.2) is 35.1 Å². The second-order valence-corrected chi connectivity index (χ2v) is 10.8. The first-order chi connectivity index (χ1) is 15.0. The average Bonchev–Trinajstić information content (AvgIpc) is 2.74. The highest BCUT2D eigenvalue weighted by molar-refractivity contribution is 9.10. The van der Waals surface area contributed by atoms with Crippen molar-refractivity contribution in [2.45, 2.75) is 18.7 Å². The van der Waals surface area contributed by atoms with Gasteiger partial charge in [0, 0.05) is 35.0 Å². The molecule has 2 N–H and O–H groups in total. The van der Waals surface area contributed by atoms with E-state index in [1.54, 1.807) is 30.3 Å². The van der Waals surface area contributed by atoms with Crippen LogP contribution in [0.25, 0.3) is 10.8 Å². The first kappa shape index (κ1) is 24.0. The van der Waals surface area contributed by atoms with E-state index in [1.807, 2.05) is 37.2 Å². The van der Waals surface area contributed by atoms with Crippen molar-refractivity contribution in [3.05, 3.63) is 59.1 Å². The summed E-state index contributed by atoms with van der Waals surface area (Å²) in [7, 11) is -0.0815. The molecule has 0 spiro atoms. The number of anilines is 3. The van der Waals surface area contributed by atoms with Crippen molar-refractivity contribution in [3.8, 4) is 0 Å². The lowest BCUT2D eigenvalue weighted by molar-refractivity contribution is -0.124. The second-order valence-electron chi connectivity index (χ2n) is 8.29. The first-order valence-electron chi connectivity index (χ1n) is 9.85. The molecular formula is C23H25BrFN3O3S. The van der Waals surface area contributed by atoms with Gasteiger partial charge in [0.05, 0.1) is 21.7 Å². The predicted molar refractivity (Wildman–Crippen MR) is 132 cm³/mol. The minimum atomic E-state index is -3.89. The van der Waals surface area contributed by atoms with Gasteiger partial charge in [0.1, 0.15) is 6.67 Å². The molecule has 3 rings (SSSR count). The number of carbonyl (C=O) groups excluding carboxylic acids is 1. The number of benzene rings is 3. The zero-order chi connectivity index (χ0) is 23.7. The summed E-state index contributed by atoms with van der Waals surface area (Å²) in [6.45, 7) is 2.21. The smallest absolute Gasteiger partial charge is 0.262 e. The number of amides is 1. The zero-order valence-electron chi connectivity index (χ0n) is 18.2. The van der Waals surface area contributed by atoms with Gasteiger partial charge in [0.25, 0.3) is 10.0 Å². The first-order valence-corrected chi connectivity index (χ1v) is 12.1. The van der Waals surface area contributed by atoms with Crippen LogP contribution in [0.2, 0.25) is 0 Å². The van der Waals surface area contributed by atoms with Crippen molar-refractivity contribution in [1.29, 1.82) is 0 Å². The lowest BCUT2D eigenvalue weighted by Gasteiger charge is -2.20. The van der Waals surface area contributed by atoms with Gasteiger partial charge in [0.15, 0.2) is 0 Å². The van der Waals surface area contributed by atoms with E-state index in [4.69, 9.17) is 0 Å². The highest BCUT2D eigenvalue weighted by Crippen LogP contribution is 2.33. The van der Waals surface area contributed by atoms with Crippen LogP contribution in [-0.2, 0) is 14.8 Å². The number of hydrogen-bond acceptors (Lipinski definition) is 4. The van der Waals surface area contributed by atoms with E-state index in [2.05, 4.69) is 26.0 Å². The van der Waals surface area contributed by atoms with Gasteiger partial charge >= 0.3 is 0 Å². The molecule has 0 aliphatic rings. The minimum absolute atomic E-state index is 0.164. The van der Waals surface area contributed by atoms with Crippen molar-refractivity contribution in [3.63, 3.8) is 0 Å². The van der Waals surface area contributed by atoms with Gasteiger partial charge in [-0.1, -0.05) is 24.3 Å². The number of fused-ring (bicyclic) bond motifs is 1. The zero-order valence-corrected chi connectivity index (χ0v) is 20.6. The Morgan fingerprint density at radius 2 is 1.72 bits per heavy atom. The number of nitrogens with one attached hydrogen (secondary N) is 2. The maximum atomic E-state index is 13.2. The Balaban J connectivity index is 1.92. The van der Waals surface area contributed by atoms with Gasteiger partial charge in [-0.3, -0.25) is 9.52 Å². The van der Waals surface area contributed by atoms with Gasteiger partial charge in [0.2, 0.25) is 5.91 Å². The maximum absolute atomic E-state index is 13.2. The van der Waals surface area contributed by atoms with Gasteiger partial charge in [-0.2, -0.15) is 0 Å². The van der Waals surface area contributed by atoms with Crippen LogP contribution in [0.4, 0.5) is 21.5 Å². The van der Waals surface area contributed by atoms with E-state index in [9.17, 15) is 17.6 Å². The Kier molecular flexibility index (Phi) is 6.80. The molecule has 0 aromatic heterocycles. The molecule has 0 saturated carbocycles. The summed E-state index contributed by atoms with van der Waals surface area (Å²) in [5.74, 6) is -0.471. The number of nitrogens with zero attached hydrogens (tertiary/aromatic N) is 1. The monoisotopic (exact) mass is 521 g/mol. The molecule has 6 nitrogen and oxygen atoms in total. The Labute approximate surface area is 196 Å². The number of rotatable bonds is 7. The summed E-state index contributed by atoms with van der Waals surface area (Å²) in [5.41, 5.74) is 0.485. The summed E-state index contributed by atoms with van der Waals surface area (Å²) < 4.78 is 42.5. The number of hydrogen-bond donors (Lipinski definition) is 2. The molecule has 1 amide bonds. The highest BCUT2D eigenvalue weighted by Gasteiger charge is 2.28. The minimum Gasteiger partial charge on any atom is -0.377 e. The molecule has 0 aliphatic heterocycles. The lowest BCUT2D eigenvalue weighted by atomic mass is 9.94. The third-order valence-electron chi connectivity index (χ3n) is 5.05. The third kappa shape index (κ3) is 4.88. The van der Waals surface area contributed by atoms with E-state index >= 15 is 0 Å². The third-order valence-corrected chi connectivity index (χ3v) is 7.14. The molecule has 32 heavy (non-hydrogen) atoms. The summed E-state index contributed by atoms with van der Waals surface area (Å²) in [6.07, 6.45) is 0. The summed E-state index contributed by atoms with van der Waals surface area (Å²) in [4.78, 5) is 14.3. The Morgan fingerprint density at radius 1 is 1.06 bits per heavy atom. The van der Waals surface area contributed by atoms with Crippen LogP contribution >= 0.6 is 15.9 Å². The lowest BCUT2D eigenvalue weighted by Crippen LogP contribution is -2.32. The molecule has 9 heteroatoms. The van der Waals surface area contributed by atoms with Crippen LogP contribution in [0.5, 0.6) is 0 Å². The van der Waals surface area contributed by atoms with Crippen LogP contribution < -0.4 is 14.9 Å². The van der Waals surface area contributed by atoms with Gasteiger partial charge in [-0.15, -0.1) is 0 Å². The standard InChI is InChI=1S/C23H25BrFN3O3S/c1-23(2,14-25)22(29)26-19-12-11-15(13-18(19)24)27-32(30,31)21-10-6-7-16-17(21)8-5-9-20(16)28(3)4/h5-13,27H,14H2,1-4H3,(H,26,29). The van der Waals surface area contributed by atoms with Gasteiger partial charge < -0.3 is 10.2 Å². The van der Waals surface area contributed by atoms with E-state index in [0.29, 0.717) is 21.2 Å². The Bertz CT molecular complexity index is 1280. The average molecular weight is 522 g/mol. The SMILES string of the molecule is CN(C)c1cccc2c(S(=O)(=O)Nc3ccc(NC(=O)C(C)(C)CF)c(Br)c3)cccc12. The fraction of sp³-hybridized carbons (Fsp3) is 0.261. The summed E-state index contributed by atoms with van der Waals surface area (Å²) in [6, 6.07) is 15.3. The largest absolute Gasteiger partial charge is 0.377 e. The van der Waals surface area contributed by atoms with E-state index < -0.39 is 28.0 Å². The molecule has 0 unspecified atom stereocenters. The maximum Gasteiger partial charge on any atom is 0.262 e. The molecule has 0 aliphatic carbocycles. The molecule has 0 atom stereocenters. The van der Waals surface area contributed by atoms with Crippen LogP contribution in [0.15, 0.2) is 64.0 Å². The fourth-order valence-electron chi connectivity index (χ4n) is 3.13. The fourth-order valence-corrected chi connectivity index (χ4v) is 4.88. The predicted octanol–water partition coefficient (Wildman–Crippen LogP) is 5.40. The van der Waals surface area contributed by atoms with E-state index in [-0.39, 0.29) is 4.90 Å². The molecular weight excluding hydrogens is 497 g/mol. The van der Waals surface area contributed by atoms with Crippen molar-refractivity contribution in [2.75, 3.05) is 35.7 Å². The molecule has 0 saturated heterocycles. The molecule has 0 heterocycles. The van der Waals surface area contributed by atoms with Crippen molar-refractivity contribution >= 4 is 59.7 Å². The van der Waals surface area contributed by atoms with E-state index in [0.717, 1.165) is 11.1 Å². The number of sulfonamides is 1. The molecule has 170 valence electrons. The quantitative estimate of drug-likeness (QED) is 0.436. The van der Waals surface area contributed by atoms with Crippen LogP contribution in [0, 0.1) is 5.41 Å². The van der Waals surface area contributed by atoms with Crippen LogP contribution in [0.3, 0.4) is 0 Å². The summed E-state index contributed by atoms with van der Waals surface area (Å²) in [5, 5.41) is 4.10. The Hall–Kier alpha value is -2.65. The molecule has 0 fully saturated rings. The number of alkyl halides is 1. The van der Waals surface area contributed by atoms with Crippen molar-refractivity contribution in [1.82, 2.24) is 0 Å². The van der Waals surface area contributed by atoms with Crippen molar-refractivity contribution < 1.29 is 17.6 Å². The van der Waals surface area contributed by atoms with Crippen LogP contribution in [0.1, 0.15) is 13.8 Å². The number of halogens is 2. The van der Waals surface area contributed by atoms with Gasteiger partial charge in [-0.25, -0.2) is 12.8 Å². The molecule has 3 aromatic carbocycles.